The van der Waals surface area contributed by atoms with Crippen LogP contribution in [0.5, 0.6) is 5.75 Å². The zero-order valence-electron chi connectivity index (χ0n) is 14.7. The van der Waals surface area contributed by atoms with Crippen molar-refractivity contribution in [2.24, 2.45) is 0 Å². The molecule has 0 spiro atoms. The Hall–Kier alpha value is -2.93. The minimum atomic E-state index is -0.584. The molecule has 0 aromatic heterocycles. The second-order valence-corrected chi connectivity index (χ2v) is 6.25. The van der Waals surface area contributed by atoms with Gasteiger partial charge >= 0.3 is 0 Å². The molecule has 1 N–H and O–H groups in total. The van der Waals surface area contributed by atoms with Gasteiger partial charge in [-0.1, -0.05) is 12.1 Å². The molecule has 2 aromatic carbocycles. The van der Waals surface area contributed by atoms with E-state index < -0.39 is 11.7 Å². The fourth-order valence-electron chi connectivity index (χ4n) is 2.67. The Balaban J connectivity index is 1.79. The van der Waals surface area contributed by atoms with E-state index in [4.69, 9.17) is 4.74 Å². The Morgan fingerprint density at radius 3 is 2.77 bits per heavy atom. The third-order valence-electron chi connectivity index (χ3n) is 4.05. The van der Waals surface area contributed by atoms with Gasteiger partial charge in [0.2, 0.25) is 0 Å². The highest BCUT2D eigenvalue weighted by Crippen LogP contribution is 2.34. The standard InChI is InChI=1S/C19H20FN3O3/c1-22(2)9-10-23-16-8-7-13(11-17(16)26-12-18(23)24)21-19(25)14-5-3-4-6-15(14)20/h3-8,11H,9-10,12H2,1-2H3,(H,21,25). The Kier molecular flexibility index (Phi) is 5.18. The molecule has 0 atom stereocenters. The number of carbonyl (C=O) groups is 2. The smallest absolute Gasteiger partial charge is 0.265 e. The topological polar surface area (TPSA) is 61.9 Å². The third-order valence-corrected chi connectivity index (χ3v) is 4.05. The lowest BCUT2D eigenvalue weighted by Gasteiger charge is -2.30. The molecule has 2 amide bonds. The number of hydrogen-bond donors (Lipinski definition) is 1. The van der Waals surface area contributed by atoms with Crippen molar-refractivity contribution < 1.29 is 18.7 Å². The van der Waals surface area contributed by atoms with E-state index in [0.29, 0.717) is 23.7 Å². The molecule has 1 aliphatic rings. The second kappa shape index (κ2) is 7.53. The molecule has 0 bridgehead atoms. The summed E-state index contributed by atoms with van der Waals surface area (Å²) >= 11 is 0. The number of nitrogens with zero attached hydrogens (tertiary/aromatic N) is 2. The van der Waals surface area contributed by atoms with Crippen molar-refractivity contribution in [1.82, 2.24) is 4.90 Å². The van der Waals surface area contributed by atoms with Gasteiger partial charge in [0.1, 0.15) is 11.6 Å². The lowest BCUT2D eigenvalue weighted by Crippen LogP contribution is -2.42. The average molecular weight is 357 g/mol. The maximum Gasteiger partial charge on any atom is 0.265 e. The van der Waals surface area contributed by atoms with E-state index >= 15 is 0 Å². The van der Waals surface area contributed by atoms with Crippen molar-refractivity contribution in [2.75, 3.05) is 44.0 Å². The number of halogens is 1. The van der Waals surface area contributed by atoms with Gasteiger partial charge in [-0.05, 0) is 38.4 Å². The van der Waals surface area contributed by atoms with Crippen LogP contribution in [0.3, 0.4) is 0 Å². The van der Waals surface area contributed by atoms with Crippen molar-refractivity contribution in [1.29, 1.82) is 0 Å². The SMILES string of the molecule is CN(C)CCN1C(=O)COc2cc(NC(=O)c3ccccc3F)ccc21. The van der Waals surface area contributed by atoms with Crippen LogP contribution in [0.25, 0.3) is 0 Å². The molecule has 3 rings (SSSR count). The first-order valence-corrected chi connectivity index (χ1v) is 8.23. The highest BCUT2D eigenvalue weighted by atomic mass is 19.1. The van der Waals surface area contributed by atoms with Gasteiger partial charge < -0.3 is 19.9 Å². The van der Waals surface area contributed by atoms with Crippen LogP contribution in [0.15, 0.2) is 42.5 Å². The molecule has 0 saturated heterocycles. The van der Waals surface area contributed by atoms with Crippen molar-refractivity contribution in [2.45, 2.75) is 0 Å². The van der Waals surface area contributed by atoms with Crippen LogP contribution in [0.4, 0.5) is 15.8 Å². The highest BCUT2D eigenvalue weighted by molar-refractivity contribution is 6.05. The van der Waals surface area contributed by atoms with Crippen molar-refractivity contribution >= 4 is 23.2 Å². The molecule has 6 nitrogen and oxygen atoms in total. The van der Waals surface area contributed by atoms with Crippen LogP contribution >= 0.6 is 0 Å². The summed E-state index contributed by atoms with van der Waals surface area (Å²) < 4.78 is 19.2. The largest absolute Gasteiger partial charge is 0.481 e. The fourth-order valence-corrected chi connectivity index (χ4v) is 2.67. The Labute approximate surface area is 151 Å². The van der Waals surface area contributed by atoms with Gasteiger partial charge in [-0.25, -0.2) is 4.39 Å². The summed E-state index contributed by atoms with van der Waals surface area (Å²) in [6.45, 7) is 1.21. The van der Waals surface area contributed by atoms with Crippen molar-refractivity contribution in [3.05, 3.63) is 53.8 Å². The molecule has 0 unspecified atom stereocenters. The molecular formula is C19H20FN3O3. The van der Waals surface area contributed by atoms with E-state index in [1.807, 2.05) is 19.0 Å². The zero-order chi connectivity index (χ0) is 18.7. The third kappa shape index (κ3) is 3.83. The van der Waals surface area contributed by atoms with E-state index in [0.717, 1.165) is 6.54 Å². The van der Waals surface area contributed by atoms with Gasteiger partial charge in [-0.15, -0.1) is 0 Å². The minimum Gasteiger partial charge on any atom is -0.481 e. The highest BCUT2D eigenvalue weighted by Gasteiger charge is 2.25. The maximum atomic E-state index is 13.7. The monoisotopic (exact) mass is 357 g/mol. The summed E-state index contributed by atoms with van der Waals surface area (Å²) in [6.07, 6.45) is 0. The maximum absolute atomic E-state index is 13.7. The minimum absolute atomic E-state index is 0.0334. The van der Waals surface area contributed by atoms with Crippen LogP contribution in [-0.4, -0.2) is 50.5 Å². The first-order valence-electron chi connectivity index (χ1n) is 8.23. The number of ether oxygens (including phenoxy) is 1. The number of hydrogen-bond acceptors (Lipinski definition) is 4. The number of fused-ring (bicyclic) bond motifs is 1. The lowest BCUT2D eigenvalue weighted by molar-refractivity contribution is -0.121. The average Bonchev–Trinajstić information content (AvgIpc) is 2.61. The summed E-state index contributed by atoms with van der Waals surface area (Å²) in [7, 11) is 3.88. The number of amides is 2. The second-order valence-electron chi connectivity index (χ2n) is 6.25. The van der Waals surface area contributed by atoms with E-state index in [2.05, 4.69) is 5.32 Å². The molecule has 136 valence electrons. The van der Waals surface area contributed by atoms with Crippen LogP contribution in [0.1, 0.15) is 10.4 Å². The molecule has 0 aliphatic carbocycles. The van der Waals surface area contributed by atoms with Gasteiger partial charge in [0.15, 0.2) is 6.61 Å². The number of benzene rings is 2. The molecule has 0 radical (unpaired) electrons. The van der Waals surface area contributed by atoms with Gasteiger partial charge in [0.05, 0.1) is 11.3 Å². The summed E-state index contributed by atoms with van der Waals surface area (Å²) in [5.74, 6) is -0.726. The summed E-state index contributed by atoms with van der Waals surface area (Å²) in [4.78, 5) is 28.0. The first kappa shape index (κ1) is 17.9. The van der Waals surface area contributed by atoms with Crippen molar-refractivity contribution in [3.8, 4) is 5.75 Å². The van der Waals surface area contributed by atoms with Gasteiger partial charge in [0, 0.05) is 24.8 Å². The summed E-state index contributed by atoms with van der Waals surface area (Å²) in [5.41, 5.74) is 1.10. The molecule has 2 aromatic rings. The van der Waals surface area contributed by atoms with Crippen LogP contribution in [0.2, 0.25) is 0 Å². The predicted octanol–water partition coefficient (Wildman–Crippen LogP) is 2.37. The summed E-state index contributed by atoms with van der Waals surface area (Å²) in [5, 5.41) is 2.65. The molecule has 7 heteroatoms. The van der Waals surface area contributed by atoms with Crippen LogP contribution in [-0.2, 0) is 4.79 Å². The van der Waals surface area contributed by atoms with Gasteiger partial charge in [-0.3, -0.25) is 9.59 Å². The molecule has 0 fully saturated rings. The predicted molar refractivity (Wildman–Crippen MR) is 97.2 cm³/mol. The molecule has 1 aliphatic heterocycles. The Morgan fingerprint density at radius 1 is 1.27 bits per heavy atom. The van der Waals surface area contributed by atoms with E-state index in [9.17, 15) is 14.0 Å². The Morgan fingerprint density at radius 2 is 2.04 bits per heavy atom. The summed E-state index contributed by atoms with van der Waals surface area (Å²) in [6, 6.07) is 10.8. The van der Waals surface area contributed by atoms with E-state index in [-0.39, 0.29) is 18.1 Å². The van der Waals surface area contributed by atoms with E-state index in [1.54, 1.807) is 29.2 Å². The normalized spacial score (nSPS) is 13.4. The molecule has 1 heterocycles. The van der Waals surface area contributed by atoms with Crippen LogP contribution in [0, 0.1) is 5.82 Å². The number of carbonyl (C=O) groups excluding carboxylic acids is 2. The molecular weight excluding hydrogens is 337 g/mol. The number of anilines is 2. The zero-order valence-corrected chi connectivity index (χ0v) is 14.7. The fraction of sp³-hybridized carbons (Fsp3) is 0.263. The quantitative estimate of drug-likeness (QED) is 0.892. The van der Waals surface area contributed by atoms with Gasteiger partial charge in [-0.2, -0.15) is 0 Å². The molecule has 26 heavy (non-hydrogen) atoms. The van der Waals surface area contributed by atoms with Gasteiger partial charge in [0.25, 0.3) is 11.8 Å². The number of rotatable bonds is 5. The Bertz CT molecular complexity index is 839. The van der Waals surface area contributed by atoms with E-state index in [1.165, 1.54) is 18.2 Å². The lowest BCUT2D eigenvalue weighted by atomic mass is 10.1. The van der Waals surface area contributed by atoms with Crippen molar-refractivity contribution in [3.63, 3.8) is 0 Å². The first-order chi connectivity index (χ1) is 12.5. The molecule has 0 saturated carbocycles. The number of nitrogens with one attached hydrogen (secondary N) is 1. The number of likely N-dealkylation sites (N-methyl/N-ethyl adjacent to an activating group) is 1. The van der Waals surface area contributed by atoms with Crippen LogP contribution < -0.4 is 15.0 Å².